The fraction of sp³-hybridized carbons (Fsp3) is 0.565. The number of benzene rings is 1. The topological polar surface area (TPSA) is 55.9 Å². The number of nitrogens with one attached hydrogen (secondary N) is 1. The normalized spacial score (nSPS) is 34.7. The van der Waals surface area contributed by atoms with Gasteiger partial charge in [-0.1, -0.05) is 36.4 Å². The Morgan fingerprint density at radius 3 is 2.48 bits per heavy atom. The summed E-state index contributed by atoms with van der Waals surface area (Å²) in [5, 5.41) is 2.95. The molecule has 4 aliphatic rings. The van der Waals surface area contributed by atoms with Crippen LogP contribution >= 0.6 is 0 Å². The first kappa shape index (κ1) is 18.7. The second-order valence-electron chi connectivity index (χ2n) is 9.49. The molecule has 6 heteroatoms. The lowest BCUT2D eigenvalue weighted by molar-refractivity contribution is -0.142. The fourth-order valence-corrected chi connectivity index (χ4v) is 6.01. The molecule has 1 aromatic rings. The minimum absolute atomic E-state index is 0.0343. The largest absolute Gasteiger partial charge is 0.361 e. The molecule has 0 aromatic heterocycles. The summed E-state index contributed by atoms with van der Waals surface area (Å²) in [5.74, 6) is -0.0343. The number of hydrogen-bond donors (Lipinski definition) is 1. The molecule has 0 unspecified atom stereocenters. The van der Waals surface area contributed by atoms with Gasteiger partial charge in [0.05, 0.1) is 6.67 Å². The summed E-state index contributed by atoms with van der Waals surface area (Å²) in [7, 11) is 1.58. The van der Waals surface area contributed by atoms with Gasteiger partial charge in [0, 0.05) is 26.2 Å². The molecule has 3 fully saturated rings. The monoisotopic (exact) mass is 394 g/mol. The summed E-state index contributed by atoms with van der Waals surface area (Å²) in [6.07, 6.45) is 10.8. The Morgan fingerprint density at radius 2 is 1.83 bits per heavy atom. The van der Waals surface area contributed by atoms with Gasteiger partial charge in [0.2, 0.25) is 0 Å². The lowest BCUT2D eigenvalue weighted by Crippen LogP contribution is -2.63. The van der Waals surface area contributed by atoms with Gasteiger partial charge in [-0.3, -0.25) is 14.6 Å². The van der Waals surface area contributed by atoms with Crippen LogP contribution in [0.3, 0.4) is 0 Å². The average Bonchev–Trinajstić information content (AvgIpc) is 2.93. The molecular formula is C23H30N4O2. The van der Waals surface area contributed by atoms with E-state index >= 15 is 0 Å². The van der Waals surface area contributed by atoms with Crippen LogP contribution in [0.1, 0.15) is 44.1 Å². The Kier molecular flexibility index (Phi) is 4.42. The van der Waals surface area contributed by atoms with E-state index in [0.717, 1.165) is 45.4 Å². The van der Waals surface area contributed by atoms with Gasteiger partial charge in [-0.2, -0.15) is 0 Å². The number of hydrogen-bond acceptors (Lipinski definition) is 4. The first-order valence-electron chi connectivity index (χ1n) is 10.8. The standard InChI is InChI=1S/C23H30N4O2/c1-25-20(28)23(24-21(25)29)15-22(16-23)10-8-19(9-11-22)27-13-5-12-26(17-27)14-18-6-3-2-4-7-18/h2-7,12,19H,8-11,13-17H2,1H3,(H,24,29). The van der Waals surface area contributed by atoms with E-state index in [-0.39, 0.29) is 17.4 Å². The van der Waals surface area contributed by atoms with Crippen LogP contribution < -0.4 is 5.32 Å². The van der Waals surface area contributed by atoms with Gasteiger partial charge >= 0.3 is 6.03 Å². The maximum Gasteiger partial charge on any atom is 0.324 e. The second-order valence-corrected chi connectivity index (χ2v) is 9.49. The highest BCUT2D eigenvalue weighted by Gasteiger charge is 2.64. The summed E-state index contributed by atoms with van der Waals surface area (Å²) in [4.78, 5) is 30.6. The van der Waals surface area contributed by atoms with Crippen LogP contribution in [0.15, 0.2) is 42.6 Å². The zero-order valence-corrected chi connectivity index (χ0v) is 17.1. The van der Waals surface area contributed by atoms with Crippen molar-refractivity contribution in [2.75, 3.05) is 20.3 Å². The van der Waals surface area contributed by atoms with Crippen LogP contribution in [-0.4, -0.2) is 58.5 Å². The highest BCUT2D eigenvalue weighted by molar-refractivity contribution is 6.07. The molecule has 2 heterocycles. The molecule has 29 heavy (non-hydrogen) atoms. The molecule has 6 nitrogen and oxygen atoms in total. The second kappa shape index (κ2) is 6.87. The van der Waals surface area contributed by atoms with Gasteiger partial charge in [0.25, 0.3) is 5.91 Å². The number of carbonyl (C=O) groups is 2. The molecule has 0 radical (unpaired) electrons. The van der Waals surface area contributed by atoms with Crippen LogP contribution in [0, 0.1) is 5.41 Å². The van der Waals surface area contributed by atoms with Crippen molar-refractivity contribution in [3.05, 3.63) is 48.2 Å². The van der Waals surface area contributed by atoms with E-state index in [9.17, 15) is 9.59 Å². The minimum atomic E-state index is -0.598. The van der Waals surface area contributed by atoms with Crippen LogP contribution in [0.25, 0.3) is 0 Å². The van der Waals surface area contributed by atoms with Crippen molar-refractivity contribution >= 4 is 11.9 Å². The molecule has 0 atom stereocenters. The van der Waals surface area contributed by atoms with E-state index in [4.69, 9.17) is 0 Å². The summed E-state index contributed by atoms with van der Waals surface area (Å²) in [6, 6.07) is 11.0. The van der Waals surface area contributed by atoms with E-state index in [1.165, 1.54) is 23.3 Å². The number of amides is 3. The number of imide groups is 1. The van der Waals surface area contributed by atoms with Gasteiger partial charge < -0.3 is 10.2 Å². The fourth-order valence-electron chi connectivity index (χ4n) is 6.01. The van der Waals surface area contributed by atoms with Crippen molar-refractivity contribution in [2.45, 2.75) is 56.7 Å². The third-order valence-electron chi connectivity index (χ3n) is 7.50. The molecule has 1 saturated heterocycles. The molecule has 1 aromatic carbocycles. The zero-order valence-electron chi connectivity index (χ0n) is 17.1. The van der Waals surface area contributed by atoms with Crippen molar-refractivity contribution in [3.8, 4) is 0 Å². The Hall–Kier alpha value is -2.34. The van der Waals surface area contributed by atoms with Crippen molar-refractivity contribution in [3.63, 3.8) is 0 Å². The van der Waals surface area contributed by atoms with Gasteiger partial charge in [0.1, 0.15) is 5.54 Å². The molecule has 0 bridgehead atoms. The molecule has 2 spiro atoms. The highest BCUT2D eigenvalue weighted by atomic mass is 16.2. The van der Waals surface area contributed by atoms with Crippen molar-refractivity contribution in [1.29, 1.82) is 0 Å². The minimum Gasteiger partial charge on any atom is -0.361 e. The van der Waals surface area contributed by atoms with Crippen molar-refractivity contribution in [2.24, 2.45) is 5.41 Å². The number of rotatable bonds is 3. The average molecular weight is 395 g/mol. The van der Waals surface area contributed by atoms with Gasteiger partial charge in [-0.05, 0) is 55.7 Å². The predicted molar refractivity (Wildman–Crippen MR) is 111 cm³/mol. The predicted octanol–water partition coefficient (Wildman–Crippen LogP) is 2.92. The SMILES string of the molecule is CN1C(=O)NC2(CC3(CCC(N4CC=CN(Cc5ccccc5)C4)CC3)C2)C1=O. The van der Waals surface area contributed by atoms with Gasteiger partial charge in [-0.15, -0.1) is 0 Å². The van der Waals surface area contributed by atoms with Gasteiger partial charge in [-0.25, -0.2) is 4.79 Å². The third-order valence-corrected chi connectivity index (χ3v) is 7.50. The first-order valence-corrected chi connectivity index (χ1v) is 10.8. The molecule has 154 valence electrons. The van der Waals surface area contributed by atoms with Crippen LogP contribution in [0.4, 0.5) is 4.79 Å². The quantitative estimate of drug-likeness (QED) is 0.801. The Bertz CT molecular complexity index is 821. The molecule has 2 aliphatic heterocycles. The summed E-state index contributed by atoms with van der Waals surface area (Å²) >= 11 is 0. The van der Waals surface area contributed by atoms with Crippen LogP contribution in [0.2, 0.25) is 0 Å². The van der Waals surface area contributed by atoms with E-state index in [1.807, 2.05) is 0 Å². The number of nitrogens with zero attached hydrogens (tertiary/aromatic N) is 3. The number of carbonyl (C=O) groups excluding carboxylic acids is 2. The number of likely N-dealkylation sites (N-methyl/N-ethyl adjacent to an activating group) is 1. The van der Waals surface area contributed by atoms with Crippen LogP contribution in [0.5, 0.6) is 0 Å². The Morgan fingerprint density at radius 1 is 1.10 bits per heavy atom. The number of urea groups is 1. The smallest absolute Gasteiger partial charge is 0.324 e. The molecular weight excluding hydrogens is 364 g/mol. The van der Waals surface area contributed by atoms with Gasteiger partial charge in [0.15, 0.2) is 0 Å². The maximum atomic E-state index is 12.5. The molecule has 2 aliphatic carbocycles. The maximum absolute atomic E-state index is 12.5. The first-order chi connectivity index (χ1) is 14.0. The van der Waals surface area contributed by atoms with Crippen molar-refractivity contribution < 1.29 is 9.59 Å². The summed E-state index contributed by atoms with van der Waals surface area (Å²) in [6.45, 7) is 2.95. The van der Waals surface area contributed by atoms with Crippen molar-refractivity contribution in [1.82, 2.24) is 20.0 Å². The van der Waals surface area contributed by atoms with E-state index in [1.54, 1.807) is 7.05 Å². The lowest BCUT2D eigenvalue weighted by Gasteiger charge is -2.56. The lowest BCUT2D eigenvalue weighted by atomic mass is 9.51. The van der Waals surface area contributed by atoms with Crippen LogP contribution in [-0.2, 0) is 11.3 Å². The zero-order chi connectivity index (χ0) is 20.1. The van der Waals surface area contributed by atoms with E-state index in [2.05, 4.69) is 57.7 Å². The Balaban J connectivity index is 1.15. The molecule has 1 N–H and O–H groups in total. The molecule has 5 rings (SSSR count). The summed E-state index contributed by atoms with van der Waals surface area (Å²) in [5.41, 5.74) is 0.994. The Labute approximate surface area is 172 Å². The van der Waals surface area contributed by atoms with E-state index in [0.29, 0.717) is 6.04 Å². The highest BCUT2D eigenvalue weighted by Crippen LogP contribution is 2.58. The molecule has 2 saturated carbocycles. The summed E-state index contributed by atoms with van der Waals surface area (Å²) < 4.78 is 0. The molecule has 3 amide bonds. The van der Waals surface area contributed by atoms with E-state index < -0.39 is 5.54 Å². The third kappa shape index (κ3) is 3.23.